The van der Waals surface area contributed by atoms with E-state index in [-0.39, 0.29) is 11.6 Å². The number of hydrogen-bond donors (Lipinski definition) is 2. The van der Waals surface area contributed by atoms with Gasteiger partial charge in [-0.25, -0.2) is 4.39 Å². The lowest BCUT2D eigenvalue weighted by molar-refractivity contribution is 0.401. The van der Waals surface area contributed by atoms with Crippen LogP contribution in [0.1, 0.15) is 37.3 Å². The van der Waals surface area contributed by atoms with Crippen molar-refractivity contribution in [3.05, 3.63) is 11.5 Å². The number of nitrogen functional groups attached to an aromatic ring is 1. The number of nitrogens with one attached hydrogen (secondary N) is 1. The fraction of sp³-hybridized carbons (Fsp3) is 0.700. The number of nitrogens with zero attached hydrogens (tertiary/aromatic N) is 1. The highest BCUT2D eigenvalue weighted by Gasteiger charge is 2.42. The largest absolute Gasteiger partial charge is 0.380 e. The van der Waals surface area contributed by atoms with Crippen molar-refractivity contribution in [2.24, 2.45) is 11.8 Å². The highest BCUT2D eigenvalue weighted by molar-refractivity contribution is 5.34. The summed E-state index contributed by atoms with van der Waals surface area (Å²) in [5, 5.41) is 6.47. The Hall–Kier alpha value is -1.06. The summed E-state index contributed by atoms with van der Waals surface area (Å²) in [6.07, 6.45) is 4.95. The van der Waals surface area contributed by atoms with Gasteiger partial charge >= 0.3 is 0 Å². The molecule has 2 bridgehead atoms. The molecule has 0 radical (unpaired) electrons. The number of fused-ring (bicyclic) bond motifs is 2. The second kappa shape index (κ2) is 2.72. The van der Waals surface area contributed by atoms with Crippen LogP contribution in [-0.4, -0.2) is 10.2 Å². The molecule has 4 heteroatoms. The van der Waals surface area contributed by atoms with Gasteiger partial charge in [0.15, 0.2) is 11.6 Å². The van der Waals surface area contributed by atoms with Crippen LogP contribution in [0.5, 0.6) is 0 Å². The Kier molecular flexibility index (Phi) is 1.60. The standard InChI is InChI=1S/C10H14FN3/c11-8-9(13-14-10(8)12)7-4-5-1-2-6(7)3-5/h5-7H,1-4H2,(H3,12,13,14). The monoisotopic (exact) mass is 195 g/mol. The molecule has 3 N–H and O–H groups in total. The third kappa shape index (κ3) is 0.996. The van der Waals surface area contributed by atoms with Gasteiger partial charge < -0.3 is 5.73 Å². The molecule has 3 atom stereocenters. The van der Waals surface area contributed by atoms with Gasteiger partial charge in [0.2, 0.25) is 0 Å². The van der Waals surface area contributed by atoms with Gasteiger partial charge in [0.05, 0.1) is 5.69 Å². The highest BCUT2D eigenvalue weighted by atomic mass is 19.1. The highest BCUT2D eigenvalue weighted by Crippen LogP contribution is 2.52. The van der Waals surface area contributed by atoms with Gasteiger partial charge in [0.25, 0.3) is 0 Å². The third-order valence-corrected chi connectivity index (χ3v) is 3.87. The van der Waals surface area contributed by atoms with E-state index in [9.17, 15) is 4.39 Å². The number of H-pyrrole nitrogens is 1. The molecule has 0 aliphatic heterocycles. The second-order valence-corrected chi connectivity index (χ2v) is 4.62. The zero-order valence-electron chi connectivity index (χ0n) is 7.96. The van der Waals surface area contributed by atoms with Crippen LogP contribution in [0.2, 0.25) is 0 Å². The van der Waals surface area contributed by atoms with Crippen molar-refractivity contribution in [2.75, 3.05) is 5.73 Å². The Bertz CT molecular complexity index is 360. The Morgan fingerprint density at radius 2 is 2.21 bits per heavy atom. The molecular formula is C10H14FN3. The molecule has 3 nitrogen and oxygen atoms in total. The molecule has 0 amide bonds. The lowest BCUT2D eigenvalue weighted by Gasteiger charge is -2.19. The van der Waals surface area contributed by atoms with E-state index in [2.05, 4.69) is 10.2 Å². The smallest absolute Gasteiger partial charge is 0.188 e. The van der Waals surface area contributed by atoms with E-state index in [4.69, 9.17) is 5.73 Å². The number of halogens is 1. The second-order valence-electron chi connectivity index (χ2n) is 4.62. The molecule has 3 rings (SSSR count). The molecule has 0 aromatic carbocycles. The maximum Gasteiger partial charge on any atom is 0.188 e. The summed E-state index contributed by atoms with van der Waals surface area (Å²) in [5.41, 5.74) is 6.04. The number of nitrogens with two attached hydrogens (primary N) is 1. The summed E-state index contributed by atoms with van der Waals surface area (Å²) in [6.45, 7) is 0. The first-order chi connectivity index (χ1) is 6.75. The van der Waals surface area contributed by atoms with Crippen molar-refractivity contribution in [3.8, 4) is 0 Å². The summed E-state index contributed by atoms with van der Waals surface area (Å²) in [7, 11) is 0. The zero-order valence-corrected chi connectivity index (χ0v) is 7.96. The van der Waals surface area contributed by atoms with Crippen molar-refractivity contribution in [1.29, 1.82) is 0 Å². The van der Waals surface area contributed by atoms with Crippen LogP contribution in [0.25, 0.3) is 0 Å². The quantitative estimate of drug-likeness (QED) is 0.720. The molecule has 1 heterocycles. The Morgan fingerprint density at radius 3 is 2.71 bits per heavy atom. The van der Waals surface area contributed by atoms with Gasteiger partial charge in [-0.05, 0) is 31.1 Å². The molecule has 0 saturated heterocycles. The van der Waals surface area contributed by atoms with Crippen molar-refractivity contribution in [1.82, 2.24) is 10.2 Å². The van der Waals surface area contributed by atoms with E-state index in [1.54, 1.807) is 0 Å². The molecule has 1 aromatic rings. The molecule has 2 aliphatic carbocycles. The van der Waals surface area contributed by atoms with Crippen LogP contribution in [0.15, 0.2) is 0 Å². The predicted molar refractivity (Wildman–Crippen MR) is 51.1 cm³/mol. The number of anilines is 1. The van der Waals surface area contributed by atoms with E-state index < -0.39 is 0 Å². The molecule has 2 saturated carbocycles. The summed E-state index contributed by atoms with van der Waals surface area (Å²) < 4.78 is 13.5. The third-order valence-electron chi connectivity index (χ3n) is 3.87. The van der Waals surface area contributed by atoms with Crippen LogP contribution in [0.3, 0.4) is 0 Å². The van der Waals surface area contributed by atoms with Crippen molar-refractivity contribution < 1.29 is 4.39 Å². The Labute approximate surface area is 81.9 Å². The number of rotatable bonds is 1. The van der Waals surface area contributed by atoms with Crippen LogP contribution in [0, 0.1) is 17.7 Å². The maximum absolute atomic E-state index is 13.5. The van der Waals surface area contributed by atoms with Gasteiger partial charge in [-0.2, -0.15) is 5.10 Å². The van der Waals surface area contributed by atoms with Gasteiger partial charge in [0.1, 0.15) is 0 Å². The minimum atomic E-state index is -0.317. The Morgan fingerprint density at radius 1 is 1.36 bits per heavy atom. The van der Waals surface area contributed by atoms with Crippen LogP contribution in [-0.2, 0) is 0 Å². The van der Waals surface area contributed by atoms with E-state index >= 15 is 0 Å². The van der Waals surface area contributed by atoms with E-state index in [0.29, 0.717) is 17.5 Å². The van der Waals surface area contributed by atoms with E-state index in [0.717, 1.165) is 12.3 Å². The molecule has 14 heavy (non-hydrogen) atoms. The fourth-order valence-electron chi connectivity index (χ4n) is 3.20. The van der Waals surface area contributed by atoms with Crippen LogP contribution < -0.4 is 5.73 Å². The van der Waals surface area contributed by atoms with Crippen molar-refractivity contribution in [3.63, 3.8) is 0 Å². The molecule has 1 aromatic heterocycles. The number of aromatic nitrogens is 2. The first-order valence-electron chi connectivity index (χ1n) is 5.25. The van der Waals surface area contributed by atoms with Crippen LogP contribution in [0.4, 0.5) is 10.2 Å². The minimum absolute atomic E-state index is 0.0165. The first-order valence-corrected chi connectivity index (χ1v) is 5.25. The normalized spacial score (nSPS) is 35.4. The molecule has 2 fully saturated rings. The van der Waals surface area contributed by atoms with Gasteiger partial charge in [-0.15, -0.1) is 0 Å². The molecule has 2 aliphatic rings. The molecular weight excluding hydrogens is 181 g/mol. The minimum Gasteiger partial charge on any atom is -0.380 e. The topological polar surface area (TPSA) is 54.7 Å². The summed E-state index contributed by atoms with van der Waals surface area (Å²) in [5.74, 6) is 1.52. The summed E-state index contributed by atoms with van der Waals surface area (Å²) >= 11 is 0. The maximum atomic E-state index is 13.5. The van der Waals surface area contributed by atoms with E-state index in [1.165, 1.54) is 19.3 Å². The molecule has 3 unspecified atom stereocenters. The summed E-state index contributed by atoms with van der Waals surface area (Å²) in [6, 6.07) is 0. The van der Waals surface area contributed by atoms with E-state index in [1.807, 2.05) is 0 Å². The Balaban J connectivity index is 1.93. The number of hydrogen-bond acceptors (Lipinski definition) is 2. The van der Waals surface area contributed by atoms with Gasteiger partial charge in [-0.1, -0.05) is 6.42 Å². The molecule has 76 valence electrons. The average molecular weight is 195 g/mol. The predicted octanol–water partition coefficient (Wildman–Crippen LogP) is 2.03. The number of aromatic amines is 1. The van der Waals surface area contributed by atoms with Gasteiger partial charge in [0, 0.05) is 5.92 Å². The SMILES string of the molecule is Nc1n[nH]c(C2CC3CCC2C3)c1F. The molecule has 0 spiro atoms. The van der Waals surface area contributed by atoms with Gasteiger partial charge in [-0.3, -0.25) is 5.10 Å². The lowest BCUT2D eigenvalue weighted by atomic mass is 9.86. The van der Waals surface area contributed by atoms with Crippen molar-refractivity contribution >= 4 is 5.82 Å². The fourth-order valence-corrected chi connectivity index (χ4v) is 3.20. The van der Waals surface area contributed by atoms with Crippen molar-refractivity contribution in [2.45, 2.75) is 31.6 Å². The zero-order chi connectivity index (χ0) is 9.71. The summed E-state index contributed by atoms with van der Waals surface area (Å²) in [4.78, 5) is 0. The lowest BCUT2D eigenvalue weighted by Crippen LogP contribution is -2.10. The first kappa shape index (κ1) is 8.26. The average Bonchev–Trinajstić information content (AvgIpc) is 2.84. The van der Waals surface area contributed by atoms with Crippen LogP contribution >= 0.6 is 0 Å².